The van der Waals surface area contributed by atoms with Gasteiger partial charge < -0.3 is 10.1 Å². The SMILES string of the molecule is Cc1csc(=O)n1CC(=O)NC(C)c1cccc(OC(F)F)c1. The Balaban J connectivity index is 2.02. The fourth-order valence-corrected chi connectivity index (χ4v) is 2.80. The first-order chi connectivity index (χ1) is 10.9. The first kappa shape index (κ1) is 17.1. The third-order valence-corrected chi connectivity index (χ3v) is 4.12. The molecule has 124 valence electrons. The largest absolute Gasteiger partial charge is 0.435 e. The lowest BCUT2D eigenvalue weighted by Gasteiger charge is -2.16. The summed E-state index contributed by atoms with van der Waals surface area (Å²) in [5.74, 6) is -0.301. The molecule has 0 radical (unpaired) electrons. The van der Waals surface area contributed by atoms with Gasteiger partial charge in [-0.3, -0.25) is 14.2 Å². The predicted molar refractivity (Wildman–Crippen MR) is 82.9 cm³/mol. The standard InChI is InChI=1S/C15H16F2N2O3S/c1-9-8-23-15(21)19(9)7-13(20)18-10(2)11-4-3-5-12(6-11)22-14(16)17/h3-6,8,10,14H,7H2,1-2H3,(H,18,20). The van der Waals surface area contributed by atoms with Gasteiger partial charge in [-0.05, 0) is 31.5 Å². The molecule has 0 aliphatic rings. The predicted octanol–water partition coefficient (Wildman–Crippen LogP) is 2.70. The zero-order valence-electron chi connectivity index (χ0n) is 12.6. The summed E-state index contributed by atoms with van der Waals surface area (Å²) in [6.45, 7) is 0.497. The maximum atomic E-state index is 12.2. The van der Waals surface area contributed by atoms with Crippen LogP contribution in [0.4, 0.5) is 8.78 Å². The molecular formula is C15H16F2N2O3S. The van der Waals surface area contributed by atoms with Crippen molar-refractivity contribution in [1.29, 1.82) is 0 Å². The second kappa shape index (κ2) is 7.36. The normalized spacial score (nSPS) is 12.2. The van der Waals surface area contributed by atoms with Gasteiger partial charge in [0, 0.05) is 11.1 Å². The van der Waals surface area contributed by atoms with E-state index in [0.717, 1.165) is 17.0 Å². The van der Waals surface area contributed by atoms with Crippen molar-refractivity contribution in [3.8, 4) is 5.75 Å². The molecule has 0 saturated heterocycles. The van der Waals surface area contributed by atoms with Gasteiger partial charge in [-0.25, -0.2) is 0 Å². The summed E-state index contributed by atoms with van der Waals surface area (Å²) in [4.78, 5) is 23.4. The number of alkyl halides is 2. The Labute approximate surface area is 135 Å². The molecule has 0 aliphatic heterocycles. The van der Waals surface area contributed by atoms with Gasteiger partial charge in [-0.1, -0.05) is 23.5 Å². The number of amides is 1. The highest BCUT2D eigenvalue weighted by molar-refractivity contribution is 7.07. The molecule has 1 unspecified atom stereocenters. The second-order valence-corrected chi connectivity index (χ2v) is 5.79. The summed E-state index contributed by atoms with van der Waals surface area (Å²) in [5, 5.41) is 4.42. The van der Waals surface area contributed by atoms with Crippen LogP contribution in [0.1, 0.15) is 24.2 Å². The molecule has 1 heterocycles. The van der Waals surface area contributed by atoms with E-state index >= 15 is 0 Å². The van der Waals surface area contributed by atoms with Crippen molar-refractivity contribution in [3.63, 3.8) is 0 Å². The smallest absolute Gasteiger partial charge is 0.387 e. The first-order valence-electron chi connectivity index (χ1n) is 6.86. The van der Waals surface area contributed by atoms with Gasteiger partial charge in [0.15, 0.2) is 0 Å². The van der Waals surface area contributed by atoms with E-state index in [2.05, 4.69) is 10.1 Å². The Morgan fingerprint density at radius 2 is 2.17 bits per heavy atom. The summed E-state index contributed by atoms with van der Waals surface area (Å²) in [6.07, 6.45) is 0. The van der Waals surface area contributed by atoms with Gasteiger partial charge in [-0.15, -0.1) is 0 Å². The van der Waals surface area contributed by atoms with Crippen LogP contribution < -0.4 is 14.9 Å². The van der Waals surface area contributed by atoms with Crippen LogP contribution in [0.25, 0.3) is 0 Å². The van der Waals surface area contributed by atoms with E-state index in [9.17, 15) is 18.4 Å². The minimum Gasteiger partial charge on any atom is -0.435 e. The number of thiazole rings is 1. The Morgan fingerprint density at radius 3 is 2.78 bits per heavy atom. The van der Waals surface area contributed by atoms with Gasteiger partial charge in [0.25, 0.3) is 0 Å². The molecule has 0 fully saturated rings. The summed E-state index contributed by atoms with van der Waals surface area (Å²) in [5.41, 5.74) is 1.35. The third kappa shape index (κ3) is 4.62. The number of carbonyl (C=O) groups excluding carboxylic acids is 1. The van der Waals surface area contributed by atoms with Crippen molar-refractivity contribution in [1.82, 2.24) is 9.88 Å². The molecule has 1 amide bonds. The maximum Gasteiger partial charge on any atom is 0.387 e. The Morgan fingerprint density at radius 1 is 1.43 bits per heavy atom. The van der Waals surface area contributed by atoms with Crippen molar-refractivity contribution < 1.29 is 18.3 Å². The molecule has 1 N–H and O–H groups in total. The number of ether oxygens (including phenoxy) is 1. The van der Waals surface area contributed by atoms with Gasteiger partial charge in [0.2, 0.25) is 5.91 Å². The highest BCUT2D eigenvalue weighted by Gasteiger charge is 2.13. The minimum absolute atomic E-state index is 0.0310. The summed E-state index contributed by atoms with van der Waals surface area (Å²) < 4.78 is 30.2. The number of hydrogen-bond donors (Lipinski definition) is 1. The van der Waals surface area contributed by atoms with E-state index in [4.69, 9.17) is 0 Å². The fourth-order valence-electron chi connectivity index (χ4n) is 2.07. The van der Waals surface area contributed by atoms with E-state index in [1.54, 1.807) is 31.4 Å². The monoisotopic (exact) mass is 342 g/mol. The number of carbonyl (C=O) groups is 1. The molecule has 1 aromatic carbocycles. The number of nitrogens with one attached hydrogen (secondary N) is 1. The highest BCUT2D eigenvalue weighted by Crippen LogP contribution is 2.20. The lowest BCUT2D eigenvalue weighted by atomic mass is 10.1. The molecule has 0 bridgehead atoms. The van der Waals surface area contributed by atoms with Gasteiger partial charge in [-0.2, -0.15) is 8.78 Å². The lowest BCUT2D eigenvalue weighted by Crippen LogP contribution is -2.32. The van der Waals surface area contributed by atoms with Crippen molar-refractivity contribution in [3.05, 3.63) is 50.6 Å². The molecular weight excluding hydrogens is 326 g/mol. The maximum absolute atomic E-state index is 12.2. The van der Waals surface area contributed by atoms with Gasteiger partial charge >= 0.3 is 11.5 Å². The Hall–Kier alpha value is -2.22. The zero-order chi connectivity index (χ0) is 17.0. The van der Waals surface area contributed by atoms with E-state index in [0.29, 0.717) is 5.56 Å². The van der Waals surface area contributed by atoms with Crippen LogP contribution in [0, 0.1) is 6.92 Å². The Kier molecular flexibility index (Phi) is 5.49. The molecule has 2 aromatic rings. The third-order valence-electron chi connectivity index (χ3n) is 3.24. The molecule has 8 heteroatoms. The lowest BCUT2D eigenvalue weighted by molar-refractivity contribution is -0.122. The number of nitrogens with zero attached hydrogens (tertiary/aromatic N) is 1. The van der Waals surface area contributed by atoms with Crippen LogP contribution in [0.2, 0.25) is 0 Å². The van der Waals surface area contributed by atoms with Gasteiger partial charge in [0.05, 0.1) is 6.04 Å². The topological polar surface area (TPSA) is 60.3 Å². The number of benzene rings is 1. The molecule has 0 aliphatic carbocycles. The molecule has 1 aromatic heterocycles. The van der Waals surface area contributed by atoms with Gasteiger partial charge in [0.1, 0.15) is 12.3 Å². The number of halogens is 2. The Bertz CT molecular complexity index is 742. The van der Waals surface area contributed by atoms with E-state index in [1.807, 2.05) is 0 Å². The number of rotatable bonds is 6. The first-order valence-corrected chi connectivity index (χ1v) is 7.74. The van der Waals surface area contributed by atoms with Crippen molar-refractivity contribution in [2.24, 2.45) is 0 Å². The van der Waals surface area contributed by atoms with Crippen LogP contribution in [0.5, 0.6) is 5.75 Å². The highest BCUT2D eigenvalue weighted by atomic mass is 32.1. The van der Waals surface area contributed by atoms with Crippen molar-refractivity contribution in [2.75, 3.05) is 0 Å². The van der Waals surface area contributed by atoms with Crippen LogP contribution in [0.3, 0.4) is 0 Å². The summed E-state index contributed by atoms with van der Waals surface area (Å²) in [7, 11) is 0. The summed E-state index contributed by atoms with van der Waals surface area (Å²) in [6, 6.07) is 5.73. The van der Waals surface area contributed by atoms with E-state index < -0.39 is 12.7 Å². The number of aromatic nitrogens is 1. The fraction of sp³-hybridized carbons (Fsp3) is 0.333. The van der Waals surface area contributed by atoms with E-state index in [-0.39, 0.29) is 23.1 Å². The quantitative estimate of drug-likeness (QED) is 0.878. The minimum atomic E-state index is -2.90. The zero-order valence-corrected chi connectivity index (χ0v) is 13.4. The average molecular weight is 342 g/mol. The second-order valence-electron chi connectivity index (χ2n) is 4.97. The van der Waals surface area contributed by atoms with Crippen molar-refractivity contribution >= 4 is 17.2 Å². The molecule has 0 spiro atoms. The molecule has 2 rings (SSSR count). The van der Waals surface area contributed by atoms with Crippen LogP contribution >= 0.6 is 11.3 Å². The molecule has 1 atom stereocenters. The van der Waals surface area contributed by atoms with Crippen LogP contribution in [0.15, 0.2) is 34.4 Å². The van der Waals surface area contributed by atoms with E-state index in [1.165, 1.54) is 16.7 Å². The number of aryl methyl sites for hydroxylation is 1. The molecule has 0 saturated carbocycles. The van der Waals surface area contributed by atoms with Crippen LogP contribution in [-0.4, -0.2) is 17.1 Å². The van der Waals surface area contributed by atoms with Crippen LogP contribution in [-0.2, 0) is 11.3 Å². The molecule has 23 heavy (non-hydrogen) atoms. The molecule has 5 nitrogen and oxygen atoms in total. The average Bonchev–Trinajstić information content (AvgIpc) is 2.78. The summed E-state index contributed by atoms with van der Waals surface area (Å²) >= 11 is 1.04. The number of hydrogen-bond acceptors (Lipinski definition) is 4. The van der Waals surface area contributed by atoms with Crippen molar-refractivity contribution in [2.45, 2.75) is 33.0 Å².